The minimum atomic E-state index is -1.57. The Labute approximate surface area is 223 Å². The van der Waals surface area contributed by atoms with Gasteiger partial charge in [-0.25, -0.2) is 0 Å². The van der Waals surface area contributed by atoms with Crippen molar-refractivity contribution in [2.45, 2.75) is 103 Å². The monoisotopic (exact) mass is 530 g/mol. The van der Waals surface area contributed by atoms with Crippen molar-refractivity contribution in [3.05, 3.63) is 35.9 Å². The highest BCUT2D eigenvalue weighted by atomic mass is 16.6. The van der Waals surface area contributed by atoms with E-state index in [9.17, 15) is 24.3 Å². The molecule has 0 aromatic heterocycles. The third-order valence-corrected chi connectivity index (χ3v) is 9.04. The van der Waals surface area contributed by atoms with Crippen LogP contribution < -0.4 is 0 Å². The van der Waals surface area contributed by atoms with Gasteiger partial charge in [-0.2, -0.15) is 0 Å². The normalized spacial score (nSPS) is 39.0. The number of carbonyl (C=O) groups excluding carboxylic acids is 4. The number of hydrogen-bond donors (Lipinski definition) is 1. The van der Waals surface area contributed by atoms with Gasteiger partial charge >= 0.3 is 17.9 Å². The minimum absolute atomic E-state index is 0.0597. The molecule has 1 heterocycles. The van der Waals surface area contributed by atoms with Crippen LogP contribution in [0.25, 0.3) is 0 Å². The van der Waals surface area contributed by atoms with Crippen LogP contribution in [0.5, 0.6) is 0 Å². The molecule has 38 heavy (non-hydrogen) atoms. The molecular formula is C29H38O9. The minimum Gasteiger partial charge on any atom is -0.459 e. The quantitative estimate of drug-likeness (QED) is 0.335. The highest BCUT2D eigenvalue weighted by Gasteiger charge is 2.84. The maximum absolute atomic E-state index is 13.5. The molecule has 4 rings (SSSR count). The summed E-state index contributed by atoms with van der Waals surface area (Å²) >= 11 is 0. The highest BCUT2D eigenvalue weighted by Crippen LogP contribution is 2.70. The van der Waals surface area contributed by atoms with Gasteiger partial charge in [-0.3, -0.25) is 19.2 Å². The smallest absolute Gasteiger partial charge is 0.303 e. The zero-order valence-corrected chi connectivity index (χ0v) is 23.1. The van der Waals surface area contributed by atoms with Crippen molar-refractivity contribution in [2.24, 2.45) is 17.3 Å². The van der Waals surface area contributed by atoms with E-state index in [0.29, 0.717) is 12.0 Å². The summed E-state index contributed by atoms with van der Waals surface area (Å²) in [7, 11) is 0. The van der Waals surface area contributed by atoms with Crippen LogP contribution in [-0.4, -0.2) is 63.9 Å². The largest absolute Gasteiger partial charge is 0.459 e. The van der Waals surface area contributed by atoms with Crippen LogP contribution in [0.2, 0.25) is 0 Å². The Bertz CT molecular complexity index is 1130. The van der Waals surface area contributed by atoms with Gasteiger partial charge in [0, 0.05) is 38.2 Å². The van der Waals surface area contributed by atoms with Crippen LogP contribution >= 0.6 is 0 Å². The van der Waals surface area contributed by atoms with Crippen molar-refractivity contribution in [3.8, 4) is 0 Å². The molecule has 2 bridgehead atoms. The van der Waals surface area contributed by atoms with E-state index < -0.39 is 70.3 Å². The van der Waals surface area contributed by atoms with E-state index in [1.54, 1.807) is 52.0 Å². The maximum Gasteiger partial charge on any atom is 0.303 e. The average Bonchev–Trinajstić information content (AvgIpc) is 3.01. The van der Waals surface area contributed by atoms with Gasteiger partial charge < -0.3 is 24.1 Å². The van der Waals surface area contributed by atoms with Crippen LogP contribution in [0.1, 0.15) is 78.1 Å². The summed E-state index contributed by atoms with van der Waals surface area (Å²) in [6.45, 7) is 10.8. The van der Waals surface area contributed by atoms with E-state index in [4.69, 9.17) is 18.9 Å². The van der Waals surface area contributed by atoms with E-state index in [1.165, 1.54) is 20.8 Å². The summed E-state index contributed by atoms with van der Waals surface area (Å²) in [6.07, 6.45) is -2.47. The molecule has 1 N–H and O–H groups in total. The van der Waals surface area contributed by atoms with E-state index in [-0.39, 0.29) is 18.6 Å². The Kier molecular flexibility index (Phi) is 7.02. The van der Waals surface area contributed by atoms with Crippen molar-refractivity contribution >= 4 is 23.7 Å². The lowest BCUT2D eigenvalue weighted by Crippen LogP contribution is -2.80. The molecule has 0 radical (unpaired) electrons. The lowest BCUT2D eigenvalue weighted by atomic mass is 9.44. The number of fused-ring (bicyclic) bond motifs is 1. The second kappa shape index (κ2) is 9.45. The van der Waals surface area contributed by atoms with Gasteiger partial charge in [0.05, 0.1) is 17.1 Å². The third kappa shape index (κ3) is 4.14. The fourth-order valence-electron chi connectivity index (χ4n) is 7.67. The molecule has 0 amide bonds. The lowest BCUT2D eigenvalue weighted by molar-refractivity contribution is -0.329. The summed E-state index contributed by atoms with van der Waals surface area (Å²) in [5.41, 5.74) is -4.95. The van der Waals surface area contributed by atoms with Crippen molar-refractivity contribution in [3.63, 3.8) is 0 Å². The third-order valence-electron chi connectivity index (χ3n) is 9.04. The molecule has 2 saturated carbocycles. The fraction of sp³-hybridized carbons (Fsp3) is 0.655. The molecule has 8 atom stereocenters. The number of hydrogen-bond acceptors (Lipinski definition) is 9. The van der Waals surface area contributed by atoms with Crippen LogP contribution in [-0.2, 0) is 33.3 Å². The molecule has 208 valence electrons. The summed E-state index contributed by atoms with van der Waals surface area (Å²) in [6, 6.07) is 8.86. The molecule has 1 aromatic rings. The molecule has 9 heteroatoms. The second-order valence-electron chi connectivity index (χ2n) is 11.9. The van der Waals surface area contributed by atoms with Gasteiger partial charge in [-0.1, -0.05) is 37.3 Å². The van der Waals surface area contributed by atoms with Crippen molar-refractivity contribution in [2.75, 3.05) is 0 Å². The van der Waals surface area contributed by atoms with E-state index in [2.05, 4.69) is 0 Å². The highest BCUT2D eigenvalue weighted by molar-refractivity contribution is 5.96. The molecule has 2 aliphatic carbocycles. The first-order chi connectivity index (χ1) is 17.6. The van der Waals surface area contributed by atoms with Crippen molar-refractivity contribution in [1.82, 2.24) is 0 Å². The van der Waals surface area contributed by atoms with E-state index in [1.807, 2.05) is 6.07 Å². The Hall–Kier alpha value is -2.78. The molecular weight excluding hydrogens is 492 g/mol. The second-order valence-corrected chi connectivity index (χ2v) is 11.9. The van der Waals surface area contributed by atoms with Gasteiger partial charge in [0.25, 0.3) is 0 Å². The molecule has 3 fully saturated rings. The summed E-state index contributed by atoms with van der Waals surface area (Å²) in [4.78, 5) is 50.8. The zero-order chi connectivity index (χ0) is 28.3. The molecule has 3 aliphatic rings. The molecule has 9 nitrogen and oxygen atoms in total. The SMILES string of the molecule is CC(=O)O[C@H]1[C@@H]2[C@@H](OC(C)=O)[C@@]3(OC2(C)C)[C@@](C)([C@@H](CC(=O)c2ccccc2)CC[C@]3(C)O)[C@@H]1OC(C)=O. The number of aliphatic hydroxyl groups is 1. The lowest BCUT2D eigenvalue weighted by Gasteiger charge is -2.65. The summed E-state index contributed by atoms with van der Waals surface area (Å²) in [5, 5.41) is 12.1. The van der Waals surface area contributed by atoms with Gasteiger partial charge in [0.2, 0.25) is 0 Å². The number of benzene rings is 1. The first kappa shape index (κ1) is 28.2. The number of rotatable bonds is 6. The molecule has 1 aliphatic heterocycles. The Morgan fingerprint density at radius 2 is 1.45 bits per heavy atom. The summed E-state index contributed by atoms with van der Waals surface area (Å²) in [5.74, 6) is -3.16. The van der Waals surface area contributed by atoms with Gasteiger partial charge in [-0.15, -0.1) is 0 Å². The number of carbonyl (C=O) groups is 4. The first-order valence-electron chi connectivity index (χ1n) is 13.1. The maximum atomic E-state index is 13.5. The number of Topliss-reactive ketones (excluding diaryl/α,β-unsaturated/α-hetero) is 1. The predicted octanol–water partition coefficient (Wildman–Crippen LogP) is 3.40. The van der Waals surface area contributed by atoms with Crippen LogP contribution in [0.15, 0.2) is 30.3 Å². The zero-order valence-electron chi connectivity index (χ0n) is 23.1. The summed E-state index contributed by atoms with van der Waals surface area (Å²) < 4.78 is 24.6. The van der Waals surface area contributed by atoms with Crippen molar-refractivity contribution in [1.29, 1.82) is 0 Å². The Balaban J connectivity index is 1.97. The fourth-order valence-corrected chi connectivity index (χ4v) is 7.67. The van der Waals surface area contributed by atoms with E-state index >= 15 is 0 Å². The molecule has 0 unspecified atom stereocenters. The van der Waals surface area contributed by atoms with Crippen molar-refractivity contribution < 1.29 is 43.2 Å². The standard InChI is InChI=1S/C29H38O9/c1-16(30)35-23-22-24(36-17(2)31)29(38-26(22,4)5)27(6,34)14-13-20(28(29,7)25(23)37-18(3)32)15-21(33)19-11-9-8-10-12-19/h8-12,20,22-25,34H,13-15H2,1-7H3/t20-,22-,23+,24-,25-,27+,28+,29+/m1/s1. The number of ketones is 1. The van der Waals surface area contributed by atoms with Crippen LogP contribution in [0.4, 0.5) is 0 Å². The first-order valence-corrected chi connectivity index (χ1v) is 13.1. The van der Waals surface area contributed by atoms with Gasteiger partial charge in [-0.05, 0) is 39.5 Å². The topological polar surface area (TPSA) is 125 Å². The Morgan fingerprint density at radius 3 is 2.00 bits per heavy atom. The van der Waals surface area contributed by atoms with Gasteiger partial charge in [0.15, 0.2) is 5.78 Å². The van der Waals surface area contributed by atoms with E-state index in [0.717, 1.165) is 0 Å². The molecule has 1 saturated heterocycles. The average molecular weight is 531 g/mol. The number of ether oxygens (including phenoxy) is 4. The van der Waals surface area contributed by atoms with Crippen LogP contribution in [0, 0.1) is 17.3 Å². The molecule has 1 spiro atoms. The Morgan fingerprint density at radius 1 is 0.895 bits per heavy atom. The van der Waals surface area contributed by atoms with Crippen LogP contribution in [0.3, 0.4) is 0 Å². The molecule has 1 aromatic carbocycles. The predicted molar refractivity (Wildman–Crippen MR) is 135 cm³/mol. The number of esters is 3. The van der Waals surface area contributed by atoms with Gasteiger partial charge in [0.1, 0.15) is 23.9 Å².